The molecule has 0 bridgehead atoms. The molecule has 0 aliphatic carbocycles. The molecular weight excluding hydrogens is 279 g/mol. The minimum Gasteiger partial charge on any atom is -0.117 e. The SMILES string of the molecule is CCC1=[C](CC)[Al]([c]2c(C)cc(C)cc2C)[C](CC)=C1CC. The Bertz CT molecular complexity index is 580. The third kappa shape index (κ3) is 2.87. The van der Waals surface area contributed by atoms with Crippen LogP contribution in [0, 0.1) is 20.8 Å². The smallest absolute Gasteiger partial charge is 0.117 e. The molecule has 118 valence electrons. The van der Waals surface area contributed by atoms with Crippen LogP contribution in [-0.2, 0) is 0 Å². The summed E-state index contributed by atoms with van der Waals surface area (Å²) in [5, 5.41) is 0. The maximum atomic E-state index is 2.39. The molecule has 1 heteroatoms. The average molecular weight is 310 g/mol. The number of aryl methyl sites for hydroxylation is 3. The van der Waals surface area contributed by atoms with Crippen molar-refractivity contribution in [3.8, 4) is 0 Å². The molecule has 0 unspecified atom stereocenters. The van der Waals surface area contributed by atoms with Gasteiger partial charge in [0.25, 0.3) is 0 Å². The van der Waals surface area contributed by atoms with Crippen LogP contribution in [0.5, 0.6) is 0 Å². The molecule has 2 rings (SSSR count). The van der Waals surface area contributed by atoms with Gasteiger partial charge in [0.05, 0.1) is 0 Å². The van der Waals surface area contributed by atoms with Crippen molar-refractivity contribution in [3.05, 3.63) is 48.8 Å². The molecule has 0 N–H and O–H groups in total. The number of hydrogen-bond acceptors (Lipinski definition) is 0. The van der Waals surface area contributed by atoms with E-state index in [1.54, 1.807) is 15.6 Å². The van der Waals surface area contributed by atoms with Gasteiger partial charge >= 0.3 is 14.1 Å². The highest BCUT2D eigenvalue weighted by molar-refractivity contribution is 6.87. The van der Waals surface area contributed by atoms with Crippen molar-refractivity contribution in [1.82, 2.24) is 0 Å². The topological polar surface area (TPSA) is 0 Å². The van der Waals surface area contributed by atoms with Gasteiger partial charge in [0.15, 0.2) is 0 Å². The van der Waals surface area contributed by atoms with E-state index in [9.17, 15) is 0 Å². The molecule has 0 saturated carbocycles. The maximum Gasteiger partial charge on any atom is 0.375 e. The maximum absolute atomic E-state index is 2.39. The van der Waals surface area contributed by atoms with Crippen molar-refractivity contribution in [2.75, 3.05) is 0 Å². The lowest BCUT2D eigenvalue weighted by Crippen LogP contribution is -2.37. The van der Waals surface area contributed by atoms with E-state index in [4.69, 9.17) is 0 Å². The third-order valence-corrected chi connectivity index (χ3v) is 9.73. The number of rotatable bonds is 5. The summed E-state index contributed by atoms with van der Waals surface area (Å²) in [6, 6.07) is 4.79. The van der Waals surface area contributed by atoms with E-state index in [0.29, 0.717) is 0 Å². The monoisotopic (exact) mass is 310 g/mol. The number of hydrogen-bond donors (Lipinski definition) is 0. The summed E-state index contributed by atoms with van der Waals surface area (Å²) in [4.78, 5) is 0. The molecule has 1 aliphatic rings. The molecule has 0 radical (unpaired) electrons. The van der Waals surface area contributed by atoms with E-state index in [1.807, 2.05) is 8.87 Å². The lowest BCUT2D eigenvalue weighted by Gasteiger charge is -2.20. The fourth-order valence-electron chi connectivity index (χ4n) is 4.66. The van der Waals surface area contributed by atoms with Gasteiger partial charge in [0, 0.05) is 0 Å². The van der Waals surface area contributed by atoms with Gasteiger partial charge < -0.3 is 0 Å². The van der Waals surface area contributed by atoms with Gasteiger partial charge in [-0.3, -0.25) is 0 Å². The Labute approximate surface area is 141 Å². The summed E-state index contributed by atoms with van der Waals surface area (Å²) in [6.45, 7) is 16.3. The Morgan fingerprint density at radius 3 is 1.41 bits per heavy atom. The summed E-state index contributed by atoms with van der Waals surface area (Å²) in [5.41, 5.74) is 7.90. The molecule has 1 heterocycles. The molecule has 0 saturated heterocycles. The molecule has 0 spiro atoms. The first-order valence-corrected chi connectivity index (χ1v) is 10.7. The molecular formula is C21H31Al. The fourth-order valence-corrected chi connectivity index (χ4v) is 9.12. The molecule has 1 aliphatic heterocycles. The van der Waals surface area contributed by atoms with Gasteiger partial charge in [-0.1, -0.05) is 72.1 Å². The van der Waals surface area contributed by atoms with Crippen LogP contribution in [0.2, 0.25) is 0 Å². The van der Waals surface area contributed by atoms with Crippen molar-refractivity contribution in [2.45, 2.75) is 74.1 Å². The van der Waals surface area contributed by atoms with Crippen molar-refractivity contribution in [1.29, 1.82) is 0 Å². The first-order chi connectivity index (χ1) is 10.5. The van der Waals surface area contributed by atoms with Crippen molar-refractivity contribution in [2.24, 2.45) is 0 Å². The molecule has 0 aromatic heterocycles. The average Bonchev–Trinajstić information content (AvgIpc) is 2.78. The second kappa shape index (κ2) is 7.20. The standard InChI is InChI=1S/C12H20.C9H11.Al/c1-5-9-11(7-3)12(8-4)10-6-2;1-7-4-8(2)6-9(3)5-7;/h5-8H2,1-4H3;4-5H,1-3H3;. The van der Waals surface area contributed by atoms with Crippen LogP contribution >= 0.6 is 0 Å². The van der Waals surface area contributed by atoms with Crippen molar-refractivity contribution < 1.29 is 0 Å². The Morgan fingerprint density at radius 2 is 1.09 bits per heavy atom. The predicted octanol–water partition coefficient (Wildman–Crippen LogP) is 5.64. The summed E-state index contributed by atoms with van der Waals surface area (Å²) >= 11 is -1.16. The quantitative estimate of drug-likeness (QED) is 0.617. The predicted molar refractivity (Wildman–Crippen MR) is 101 cm³/mol. The van der Waals surface area contributed by atoms with Crippen LogP contribution in [-0.4, -0.2) is 14.1 Å². The summed E-state index contributed by atoms with van der Waals surface area (Å²) in [5.74, 6) is 0. The number of benzene rings is 1. The highest BCUT2D eigenvalue weighted by Crippen LogP contribution is 2.38. The van der Waals surface area contributed by atoms with E-state index in [-0.39, 0.29) is 0 Å². The van der Waals surface area contributed by atoms with Crippen molar-refractivity contribution >= 4 is 18.6 Å². The minimum atomic E-state index is -1.16. The lowest BCUT2D eigenvalue weighted by atomic mass is 9.99. The minimum absolute atomic E-state index is 1.16. The second-order valence-electron chi connectivity index (χ2n) is 6.67. The van der Waals surface area contributed by atoms with E-state index < -0.39 is 14.1 Å². The molecule has 0 atom stereocenters. The second-order valence-corrected chi connectivity index (χ2v) is 9.50. The van der Waals surface area contributed by atoms with E-state index >= 15 is 0 Å². The normalized spacial score (nSPS) is 15.3. The Balaban J connectivity index is 2.72. The summed E-state index contributed by atoms with van der Waals surface area (Å²) in [7, 11) is 0. The van der Waals surface area contributed by atoms with Gasteiger partial charge in [0.1, 0.15) is 0 Å². The summed E-state index contributed by atoms with van der Waals surface area (Å²) < 4.78 is 5.37. The van der Waals surface area contributed by atoms with Crippen LogP contribution < -0.4 is 4.43 Å². The highest BCUT2D eigenvalue weighted by Gasteiger charge is 2.38. The molecule has 0 nitrogen and oxygen atoms in total. The van der Waals surface area contributed by atoms with E-state index in [2.05, 4.69) is 60.6 Å². The Kier molecular flexibility index (Phi) is 5.76. The van der Waals surface area contributed by atoms with Crippen LogP contribution in [0.4, 0.5) is 0 Å². The van der Waals surface area contributed by atoms with Crippen LogP contribution in [0.3, 0.4) is 0 Å². The van der Waals surface area contributed by atoms with Crippen LogP contribution in [0.1, 0.15) is 70.1 Å². The first-order valence-electron chi connectivity index (χ1n) is 9.01. The zero-order chi connectivity index (χ0) is 16.4. The fraction of sp³-hybridized carbons (Fsp3) is 0.524. The highest BCUT2D eigenvalue weighted by atomic mass is 27.2. The molecule has 0 fully saturated rings. The van der Waals surface area contributed by atoms with Gasteiger partial charge in [-0.05, 0) is 46.5 Å². The van der Waals surface area contributed by atoms with Crippen molar-refractivity contribution in [3.63, 3.8) is 0 Å². The van der Waals surface area contributed by atoms with Gasteiger partial charge in [0.2, 0.25) is 0 Å². The van der Waals surface area contributed by atoms with Crippen LogP contribution in [0.25, 0.3) is 0 Å². The van der Waals surface area contributed by atoms with Gasteiger partial charge in [-0.25, -0.2) is 0 Å². The first kappa shape index (κ1) is 17.6. The third-order valence-electron chi connectivity index (χ3n) is 5.33. The van der Waals surface area contributed by atoms with Crippen LogP contribution in [0.15, 0.2) is 32.1 Å². The number of allylic oxidation sites excluding steroid dienone is 4. The molecule has 22 heavy (non-hydrogen) atoms. The zero-order valence-corrected chi connectivity index (χ0v) is 16.7. The Hall–Kier alpha value is -0.768. The lowest BCUT2D eigenvalue weighted by molar-refractivity contribution is 0.985. The Morgan fingerprint density at radius 1 is 0.682 bits per heavy atom. The summed E-state index contributed by atoms with van der Waals surface area (Å²) in [6.07, 6.45) is 4.90. The van der Waals surface area contributed by atoms with E-state index in [0.717, 1.165) is 0 Å². The molecule has 1 aromatic carbocycles. The van der Waals surface area contributed by atoms with E-state index in [1.165, 1.54) is 42.4 Å². The molecule has 0 amide bonds. The largest absolute Gasteiger partial charge is 0.375 e. The van der Waals surface area contributed by atoms with Gasteiger partial charge in [-0.2, -0.15) is 0 Å². The molecule has 1 aromatic rings. The van der Waals surface area contributed by atoms with Gasteiger partial charge in [-0.15, -0.1) is 8.87 Å². The zero-order valence-electron chi connectivity index (χ0n) is 15.6.